The molecule has 2 aromatic carbocycles. The predicted octanol–water partition coefficient (Wildman–Crippen LogP) is 3.55. The smallest absolute Gasteiger partial charge is 0.226 e. The van der Waals surface area contributed by atoms with E-state index in [1.165, 1.54) is 0 Å². The van der Waals surface area contributed by atoms with Crippen LogP contribution >= 0.6 is 15.9 Å². The molecular weight excluding hydrogens is 318 g/mol. The zero-order chi connectivity index (χ0) is 13.9. The molecule has 1 aromatic heterocycles. The number of ether oxygens (including phenoxy) is 1. The van der Waals surface area contributed by atoms with Gasteiger partial charge in [0.05, 0.1) is 10.9 Å². The van der Waals surface area contributed by atoms with E-state index in [4.69, 9.17) is 10.5 Å². The third-order valence-electron chi connectivity index (χ3n) is 2.85. The van der Waals surface area contributed by atoms with Gasteiger partial charge in [0.15, 0.2) is 0 Å². The molecule has 0 radical (unpaired) electrons. The van der Waals surface area contributed by atoms with E-state index in [0.717, 1.165) is 20.9 Å². The molecule has 0 spiro atoms. The second-order valence-corrected chi connectivity index (χ2v) is 5.24. The van der Waals surface area contributed by atoms with Gasteiger partial charge >= 0.3 is 0 Å². The fourth-order valence-corrected chi connectivity index (χ4v) is 2.40. The molecule has 1 heterocycles. The number of nitrogens with zero attached hydrogens (tertiary/aromatic N) is 2. The third-order valence-corrected chi connectivity index (χ3v) is 3.34. The average molecular weight is 330 g/mol. The minimum absolute atomic E-state index is 0.216. The van der Waals surface area contributed by atoms with Crippen LogP contribution in [0.15, 0.2) is 53.0 Å². The molecule has 2 N–H and O–H groups in total. The Hall–Kier alpha value is -2.14. The topological polar surface area (TPSA) is 61.0 Å². The number of nitrogens with two attached hydrogens (primary N) is 1. The summed E-state index contributed by atoms with van der Waals surface area (Å²) in [6.45, 7) is 0.430. The van der Waals surface area contributed by atoms with Crippen molar-refractivity contribution in [1.29, 1.82) is 0 Å². The van der Waals surface area contributed by atoms with E-state index in [9.17, 15) is 0 Å². The van der Waals surface area contributed by atoms with Gasteiger partial charge in [-0.1, -0.05) is 40.2 Å². The Bertz CT molecular complexity index is 761. The summed E-state index contributed by atoms with van der Waals surface area (Å²) in [7, 11) is 0. The van der Waals surface area contributed by atoms with Crippen molar-refractivity contribution in [3.63, 3.8) is 0 Å². The molecule has 0 saturated carbocycles. The monoisotopic (exact) mass is 329 g/mol. The molecule has 0 bridgehead atoms. The lowest BCUT2D eigenvalue weighted by molar-refractivity contribution is 0.298. The number of fused-ring (bicyclic) bond motifs is 1. The number of anilines is 1. The molecule has 0 fully saturated rings. The van der Waals surface area contributed by atoms with Crippen molar-refractivity contribution in [1.82, 2.24) is 9.97 Å². The molecule has 5 heteroatoms. The van der Waals surface area contributed by atoms with Gasteiger partial charge in [-0.05, 0) is 29.8 Å². The van der Waals surface area contributed by atoms with E-state index >= 15 is 0 Å². The average Bonchev–Trinajstić information content (AvgIpc) is 2.44. The SMILES string of the molecule is Nc1nc(OCc2cccc(Br)c2)c2ccccc2n1. The number of hydrogen-bond acceptors (Lipinski definition) is 4. The first-order valence-corrected chi connectivity index (χ1v) is 6.91. The van der Waals surface area contributed by atoms with Gasteiger partial charge in [0.25, 0.3) is 0 Å². The maximum atomic E-state index is 5.79. The normalized spacial score (nSPS) is 10.7. The van der Waals surface area contributed by atoms with Gasteiger partial charge in [0.2, 0.25) is 11.8 Å². The molecule has 100 valence electrons. The number of aromatic nitrogens is 2. The lowest BCUT2D eigenvalue weighted by Gasteiger charge is -2.09. The van der Waals surface area contributed by atoms with Gasteiger partial charge in [-0.15, -0.1) is 0 Å². The first kappa shape index (κ1) is 12.9. The molecule has 3 aromatic rings. The lowest BCUT2D eigenvalue weighted by atomic mass is 10.2. The molecule has 0 unspecified atom stereocenters. The third kappa shape index (κ3) is 2.72. The molecule has 0 aliphatic rings. The van der Waals surface area contributed by atoms with E-state index in [0.29, 0.717) is 12.5 Å². The predicted molar refractivity (Wildman–Crippen MR) is 82.4 cm³/mol. The summed E-state index contributed by atoms with van der Waals surface area (Å²) in [5.41, 5.74) is 7.55. The Morgan fingerprint density at radius 3 is 2.75 bits per heavy atom. The maximum absolute atomic E-state index is 5.79. The Morgan fingerprint density at radius 1 is 1.05 bits per heavy atom. The van der Waals surface area contributed by atoms with Crippen LogP contribution in [0.4, 0.5) is 5.95 Å². The highest BCUT2D eigenvalue weighted by molar-refractivity contribution is 9.10. The fourth-order valence-electron chi connectivity index (χ4n) is 1.95. The minimum Gasteiger partial charge on any atom is -0.472 e. The maximum Gasteiger partial charge on any atom is 0.226 e. The number of para-hydroxylation sites is 1. The zero-order valence-electron chi connectivity index (χ0n) is 10.6. The van der Waals surface area contributed by atoms with Crippen LogP contribution in [0.5, 0.6) is 5.88 Å². The number of halogens is 1. The van der Waals surface area contributed by atoms with Crippen molar-refractivity contribution < 1.29 is 4.74 Å². The summed E-state index contributed by atoms with van der Waals surface area (Å²) in [6, 6.07) is 15.6. The number of hydrogen-bond donors (Lipinski definition) is 1. The van der Waals surface area contributed by atoms with Gasteiger partial charge < -0.3 is 10.5 Å². The second-order valence-electron chi connectivity index (χ2n) is 4.32. The second kappa shape index (κ2) is 5.46. The molecule has 3 rings (SSSR count). The highest BCUT2D eigenvalue weighted by Gasteiger charge is 2.07. The highest BCUT2D eigenvalue weighted by Crippen LogP contribution is 2.24. The van der Waals surface area contributed by atoms with E-state index in [1.54, 1.807) is 0 Å². The molecule has 0 atom stereocenters. The lowest BCUT2D eigenvalue weighted by Crippen LogP contribution is -2.02. The summed E-state index contributed by atoms with van der Waals surface area (Å²) in [4.78, 5) is 8.36. The molecule has 0 aliphatic heterocycles. The van der Waals surface area contributed by atoms with Crippen LogP contribution < -0.4 is 10.5 Å². The molecular formula is C15H12BrN3O. The van der Waals surface area contributed by atoms with E-state index in [1.807, 2.05) is 48.5 Å². The van der Waals surface area contributed by atoms with Crippen molar-refractivity contribution in [2.75, 3.05) is 5.73 Å². The van der Waals surface area contributed by atoms with Crippen molar-refractivity contribution in [2.45, 2.75) is 6.61 Å². The zero-order valence-corrected chi connectivity index (χ0v) is 12.2. The van der Waals surface area contributed by atoms with Crippen molar-refractivity contribution in [2.24, 2.45) is 0 Å². The van der Waals surface area contributed by atoms with Crippen LogP contribution in [0.3, 0.4) is 0 Å². The van der Waals surface area contributed by atoms with Crippen LogP contribution in [0, 0.1) is 0 Å². The van der Waals surface area contributed by atoms with E-state index < -0.39 is 0 Å². The van der Waals surface area contributed by atoms with Crippen molar-refractivity contribution >= 4 is 32.8 Å². The van der Waals surface area contributed by atoms with Crippen LogP contribution in [-0.4, -0.2) is 9.97 Å². The Kier molecular flexibility index (Phi) is 3.52. The van der Waals surface area contributed by atoms with Crippen LogP contribution in [0.1, 0.15) is 5.56 Å². The van der Waals surface area contributed by atoms with Crippen LogP contribution in [0.2, 0.25) is 0 Å². The first-order valence-electron chi connectivity index (χ1n) is 6.12. The van der Waals surface area contributed by atoms with Gasteiger partial charge in [-0.2, -0.15) is 4.98 Å². The minimum atomic E-state index is 0.216. The van der Waals surface area contributed by atoms with Gasteiger partial charge in [0.1, 0.15) is 6.61 Å². The summed E-state index contributed by atoms with van der Waals surface area (Å²) in [5.74, 6) is 0.723. The van der Waals surface area contributed by atoms with Gasteiger partial charge in [-0.25, -0.2) is 4.98 Å². The fraction of sp³-hybridized carbons (Fsp3) is 0.0667. The van der Waals surface area contributed by atoms with E-state index in [-0.39, 0.29) is 5.95 Å². The summed E-state index contributed by atoms with van der Waals surface area (Å²) in [6.07, 6.45) is 0. The quantitative estimate of drug-likeness (QED) is 0.798. The molecule has 0 saturated heterocycles. The number of rotatable bonds is 3. The molecule has 0 aliphatic carbocycles. The summed E-state index contributed by atoms with van der Waals surface area (Å²) >= 11 is 3.44. The van der Waals surface area contributed by atoms with Gasteiger partial charge in [0, 0.05) is 4.47 Å². The van der Waals surface area contributed by atoms with Crippen LogP contribution in [0.25, 0.3) is 10.9 Å². The Morgan fingerprint density at radius 2 is 1.90 bits per heavy atom. The molecule has 0 amide bonds. The van der Waals surface area contributed by atoms with E-state index in [2.05, 4.69) is 25.9 Å². The molecule has 4 nitrogen and oxygen atoms in total. The first-order chi connectivity index (χ1) is 9.72. The highest BCUT2D eigenvalue weighted by atomic mass is 79.9. The summed E-state index contributed by atoms with van der Waals surface area (Å²) in [5, 5.41) is 0.858. The van der Waals surface area contributed by atoms with Crippen LogP contribution in [-0.2, 0) is 6.61 Å². The van der Waals surface area contributed by atoms with Crippen molar-refractivity contribution in [3.8, 4) is 5.88 Å². The largest absolute Gasteiger partial charge is 0.472 e. The van der Waals surface area contributed by atoms with Crippen molar-refractivity contribution in [3.05, 3.63) is 58.6 Å². The summed E-state index contributed by atoms with van der Waals surface area (Å²) < 4.78 is 6.81. The molecule has 20 heavy (non-hydrogen) atoms. The standard InChI is InChI=1S/C15H12BrN3O/c16-11-5-3-4-10(8-11)9-20-14-12-6-1-2-7-13(12)18-15(17)19-14/h1-8H,9H2,(H2,17,18,19). The number of benzene rings is 2. The van der Waals surface area contributed by atoms with Gasteiger partial charge in [-0.3, -0.25) is 0 Å². The number of nitrogen functional groups attached to an aromatic ring is 1. The Balaban J connectivity index is 1.91. The Labute approximate surface area is 124 Å².